The zero-order chi connectivity index (χ0) is 22.9. The smallest absolute Gasteiger partial charge is 0.246 e. The number of carbonyl (C=O) groups excluding carboxylic acids is 2. The number of ether oxygens (including phenoxy) is 1. The van der Waals surface area contributed by atoms with Gasteiger partial charge < -0.3 is 15.0 Å². The van der Waals surface area contributed by atoms with Crippen LogP contribution in [0.15, 0.2) is 66.7 Å². The molecule has 2 aromatic carbocycles. The van der Waals surface area contributed by atoms with Crippen molar-refractivity contribution in [1.29, 1.82) is 0 Å². The highest BCUT2D eigenvalue weighted by molar-refractivity contribution is 5.92. The number of rotatable bonds is 7. The minimum absolute atomic E-state index is 0.00632. The van der Waals surface area contributed by atoms with Crippen molar-refractivity contribution in [2.75, 3.05) is 39.3 Å². The van der Waals surface area contributed by atoms with Crippen LogP contribution < -0.4 is 5.32 Å². The van der Waals surface area contributed by atoms with Crippen molar-refractivity contribution in [2.45, 2.75) is 25.5 Å². The van der Waals surface area contributed by atoms with E-state index in [0.717, 1.165) is 25.2 Å². The summed E-state index contributed by atoms with van der Waals surface area (Å²) in [7, 11) is 0. The molecule has 2 fully saturated rings. The number of hydrogen-bond donors (Lipinski definition) is 1. The molecule has 2 heterocycles. The van der Waals surface area contributed by atoms with E-state index in [0.29, 0.717) is 39.1 Å². The van der Waals surface area contributed by atoms with E-state index >= 15 is 0 Å². The molecule has 4 rings (SSSR count). The molecule has 0 bridgehead atoms. The molecule has 0 spiro atoms. The second-order valence-electron chi connectivity index (χ2n) is 8.80. The Morgan fingerprint density at radius 3 is 2.39 bits per heavy atom. The Kier molecular flexibility index (Phi) is 8.28. The van der Waals surface area contributed by atoms with Crippen LogP contribution in [0.1, 0.15) is 24.0 Å². The van der Waals surface area contributed by atoms with Gasteiger partial charge in [0.25, 0.3) is 0 Å². The summed E-state index contributed by atoms with van der Waals surface area (Å²) in [5, 5.41) is 3.09. The number of piperidine rings is 1. The topological polar surface area (TPSA) is 61.9 Å². The molecular weight excluding hydrogens is 414 g/mol. The van der Waals surface area contributed by atoms with Crippen LogP contribution in [0, 0.1) is 5.92 Å². The maximum Gasteiger partial charge on any atom is 0.246 e. The van der Waals surface area contributed by atoms with Crippen molar-refractivity contribution < 1.29 is 14.3 Å². The first-order valence-electron chi connectivity index (χ1n) is 11.8. The lowest BCUT2D eigenvalue weighted by Crippen LogP contribution is -2.49. The summed E-state index contributed by atoms with van der Waals surface area (Å²) in [5.41, 5.74) is 2.30. The van der Waals surface area contributed by atoms with Crippen LogP contribution in [0.2, 0.25) is 0 Å². The van der Waals surface area contributed by atoms with Gasteiger partial charge in [0.15, 0.2) is 0 Å². The molecule has 2 aliphatic heterocycles. The van der Waals surface area contributed by atoms with Gasteiger partial charge in [-0.25, -0.2) is 0 Å². The Balaban J connectivity index is 1.17. The Morgan fingerprint density at radius 2 is 1.67 bits per heavy atom. The highest BCUT2D eigenvalue weighted by atomic mass is 16.5. The summed E-state index contributed by atoms with van der Waals surface area (Å²) >= 11 is 0. The summed E-state index contributed by atoms with van der Waals surface area (Å²) in [6.45, 7) is 5.06. The number of hydrogen-bond acceptors (Lipinski definition) is 4. The van der Waals surface area contributed by atoms with Crippen molar-refractivity contribution in [3.63, 3.8) is 0 Å². The van der Waals surface area contributed by atoms with Crippen LogP contribution in [0.25, 0.3) is 6.08 Å². The molecule has 1 atom stereocenters. The molecule has 0 aliphatic carbocycles. The minimum atomic E-state index is -0.0452. The Morgan fingerprint density at radius 1 is 0.970 bits per heavy atom. The van der Waals surface area contributed by atoms with E-state index in [1.54, 1.807) is 6.08 Å². The van der Waals surface area contributed by atoms with Crippen molar-refractivity contribution in [2.24, 2.45) is 5.92 Å². The van der Waals surface area contributed by atoms with E-state index in [9.17, 15) is 9.59 Å². The number of benzene rings is 2. The fourth-order valence-electron chi connectivity index (χ4n) is 4.45. The molecule has 1 unspecified atom stereocenters. The predicted molar refractivity (Wildman–Crippen MR) is 129 cm³/mol. The average molecular weight is 448 g/mol. The van der Waals surface area contributed by atoms with Crippen LogP contribution in [-0.4, -0.2) is 67.0 Å². The SMILES string of the molecule is O=C(NCC1CN(Cc2ccccc2)CCO1)C1CCN(C(=O)/C=C/c2ccccc2)CC1. The molecular formula is C27H33N3O3. The van der Waals surface area contributed by atoms with Crippen LogP contribution in [-0.2, 0) is 20.9 Å². The lowest BCUT2D eigenvalue weighted by molar-refractivity contribution is -0.132. The molecule has 0 aromatic heterocycles. The standard InChI is InChI=1S/C27H33N3O3/c31-26(12-11-22-7-3-1-4-8-22)30-15-13-24(14-16-30)27(32)28-19-25-21-29(17-18-33-25)20-23-9-5-2-6-10-23/h1-12,24-25H,13-21H2,(H,28,32)/b12-11+. The zero-order valence-corrected chi connectivity index (χ0v) is 19.1. The third-order valence-electron chi connectivity index (χ3n) is 6.37. The number of nitrogens with zero attached hydrogens (tertiary/aromatic N) is 2. The van der Waals surface area contributed by atoms with Crippen molar-refractivity contribution in [3.05, 3.63) is 77.9 Å². The van der Waals surface area contributed by atoms with Crippen LogP contribution in [0.5, 0.6) is 0 Å². The van der Waals surface area contributed by atoms with E-state index in [1.165, 1.54) is 5.56 Å². The fraction of sp³-hybridized carbons (Fsp3) is 0.407. The molecule has 6 heteroatoms. The average Bonchev–Trinajstić information content (AvgIpc) is 2.87. The molecule has 2 amide bonds. The van der Waals surface area contributed by atoms with Crippen molar-refractivity contribution >= 4 is 17.9 Å². The van der Waals surface area contributed by atoms with Gasteiger partial charge in [-0.3, -0.25) is 14.5 Å². The first-order chi connectivity index (χ1) is 16.2. The summed E-state index contributed by atoms with van der Waals surface area (Å²) in [6, 6.07) is 20.2. The molecule has 6 nitrogen and oxygen atoms in total. The Bertz CT molecular complexity index is 924. The summed E-state index contributed by atoms with van der Waals surface area (Å²) < 4.78 is 5.88. The quantitative estimate of drug-likeness (QED) is 0.663. The molecule has 2 aromatic rings. The van der Waals surface area contributed by atoms with E-state index in [4.69, 9.17) is 4.74 Å². The van der Waals surface area contributed by atoms with Gasteiger partial charge in [-0.1, -0.05) is 60.7 Å². The van der Waals surface area contributed by atoms with Crippen molar-refractivity contribution in [3.8, 4) is 0 Å². The monoisotopic (exact) mass is 447 g/mol. The molecule has 2 aliphatic rings. The number of carbonyl (C=O) groups is 2. The second kappa shape index (κ2) is 11.8. The molecule has 0 radical (unpaired) electrons. The zero-order valence-electron chi connectivity index (χ0n) is 19.1. The van der Waals surface area contributed by atoms with Gasteiger partial charge in [0.2, 0.25) is 11.8 Å². The lowest BCUT2D eigenvalue weighted by Gasteiger charge is -2.34. The van der Waals surface area contributed by atoms with E-state index in [2.05, 4.69) is 34.5 Å². The summed E-state index contributed by atoms with van der Waals surface area (Å²) in [5.74, 6) is 0.0358. The number of morpholine rings is 1. The fourth-order valence-corrected chi connectivity index (χ4v) is 4.45. The number of amides is 2. The third-order valence-corrected chi connectivity index (χ3v) is 6.37. The molecule has 1 N–H and O–H groups in total. The Hall–Kier alpha value is -2.96. The Labute approximate surface area is 196 Å². The first-order valence-corrected chi connectivity index (χ1v) is 11.8. The van der Waals surface area contributed by atoms with Gasteiger partial charge >= 0.3 is 0 Å². The summed E-state index contributed by atoms with van der Waals surface area (Å²) in [4.78, 5) is 29.4. The van der Waals surface area contributed by atoms with Crippen LogP contribution in [0.3, 0.4) is 0 Å². The molecule has 2 saturated heterocycles. The van der Waals surface area contributed by atoms with E-state index in [1.807, 2.05) is 47.4 Å². The van der Waals surface area contributed by atoms with Gasteiger partial charge in [-0.05, 0) is 30.0 Å². The second-order valence-corrected chi connectivity index (χ2v) is 8.80. The predicted octanol–water partition coefficient (Wildman–Crippen LogP) is 2.96. The largest absolute Gasteiger partial charge is 0.374 e. The highest BCUT2D eigenvalue weighted by Gasteiger charge is 2.28. The van der Waals surface area contributed by atoms with Crippen molar-refractivity contribution in [1.82, 2.24) is 15.1 Å². The molecule has 0 saturated carbocycles. The van der Waals surface area contributed by atoms with E-state index < -0.39 is 0 Å². The van der Waals surface area contributed by atoms with E-state index in [-0.39, 0.29) is 23.8 Å². The minimum Gasteiger partial charge on any atom is -0.374 e. The number of likely N-dealkylation sites (tertiary alicyclic amines) is 1. The van der Waals surface area contributed by atoms with Gasteiger partial charge in [0, 0.05) is 51.3 Å². The van der Waals surface area contributed by atoms with Gasteiger partial charge in [-0.2, -0.15) is 0 Å². The highest BCUT2D eigenvalue weighted by Crippen LogP contribution is 2.18. The van der Waals surface area contributed by atoms with Crippen LogP contribution >= 0.6 is 0 Å². The third kappa shape index (κ3) is 7.01. The first kappa shape index (κ1) is 23.2. The lowest BCUT2D eigenvalue weighted by atomic mass is 9.95. The van der Waals surface area contributed by atoms with Gasteiger partial charge in [0.1, 0.15) is 0 Å². The van der Waals surface area contributed by atoms with Gasteiger partial charge in [0.05, 0.1) is 12.7 Å². The molecule has 174 valence electrons. The maximum absolute atomic E-state index is 12.7. The molecule has 33 heavy (non-hydrogen) atoms. The summed E-state index contributed by atoms with van der Waals surface area (Å²) in [6.07, 6.45) is 4.87. The normalized spacial score (nSPS) is 20.1. The number of nitrogens with one attached hydrogen (secondary N) is 1. The maximum atomic E-state index is 12.7. The van der Waals surface area contributed by atoms with Crippen LogP contribution in [0.4, 0.5) is 0 Å². The van der Waals surface area contributed by atoms with Gasteiger partial charge in [-0.15, -0.1) is 0 Å².